The molecule has 2 aromatic heterocycles. The van der Waals surface area contributed by atoms with Crippen LogP contribution in [0.2, 0.25) is 0 Å². The Morgan fingerprint density at radius 3 is 1.63 bits per heavy atom. The fourth-order valence-corrected chi connectivity index (χ4v) is 7.53. The van der Waals surface area contributed by atoms with Crippen LogP contribution in [0.1, 0.15) is 11.4 Å². The number of hydrogen-bond acceptors (Lipinski definition) is 11. The Kier molecular flexibility index (Phi) is 7.23. The molecule has 4 aliphatic heterocycles. The summed E-state index contributed by atoms with van der Waals surface area (Å²) in [6.07, 6.45) is 20.3. The van der Waals surface area contributed by atoms with Crippen LogP contribution in [0.15, 0.2) is 120 Å². The monoisotopic (exact) mass is 567 g/mol. The van der Waals surface area contributed by atoms with Crippen molar-refractivity contribution in [1.82, 2.24) is 35.1 Å². The Bertz CT molecular complexity index is 1680. The molecule has 38 heavy (non-hydrogen) atoms. The second-order valence-corrected chi connectivity index (χ2v) is 11.8. The summed E-state index contributed by atoms with van der Waals surface area (Å²) < 4.78 is 0. The zero-order valence-corrected chi connectivity index (χ0v) is 22.9. The lowest BCUT2D eigenvalue weighted by Crippen LogP contribution is -1.95. The summed E-state index contributed by atoms with van der Waals surface area (Å²) in [6.45, 7) is 7.91. The molecule has 6 rings (SSSR count). The normalized spacial score (nSPS) is 15.3. The van der Waals surface area contributed by atoms with Crippen molar-refractivity contribution in [2.24, 2.45) is 0 Å². The largest absolute Gasteiger partial charge is 0.255 e. The lowest BCUT2D eigenvalue weighted by atomic mass is 10.1. The topological polar surface area (TPSA) is 90.2 Å². The Labute approximate surface area is 236 Å². The molecule has 7 nitrogen and oxygen atoms in total. The van der Waals surface area contributed by atoms with Gasteiger partial charge >= 0.3 is 0 Å². The molecule has 0 N–H and O–H groups in total. The Morgan fingerprint density at radius 2 is 1.08 bits per heavy atom. The average molecular weight is 568 g/mol. The average Bonchev–Trinajstić information content (AvgIpc) is 3.24. The third-order valence-corrected chi connectivity index (χ3v) is 10.2. The highest BCUT2D eigenvalue weighted by Gasteiger charge is 2.20. The van der Waals surface area contributed by atoms with Gasteiger partial charge in [0.15, 0.2) is 0 Å². The minimum atomic E-state index is 0.724. The van der Waals surface area contributed by atoms with Gasteiger partial charge in [0.25, 0.3) is 0 Å². The van der Waals surface area contributed by atoms with E-state index in [4.69, 9.17) is 0 Å². The molecule has 0 aliphatic carbocycles. The molecule has 6 heterocycles. The number of fused-ring (bicyclic) bond motifs is 3. The van der Waals surface area contributed by atoms with Crippen molar-refractivity contribution >= 4 is 59.2 Å². The van der Waals surface area contributed by atoms with E-state index in [1.54, 1.807) is 78.0 Å². The highest BCUT2D eigenvalue weighted by atomic mass is 32.2. The molecule has 0 aromatic carbocycles. The van der Waals surface area contributed by atoms with Gasteiger partial charge in [0.05, 0.1) is 17.6 Å². The van der Waals surface area contributed by atoms with E-state index in [0.29, 0.717) is 0 Å². The highest BCUT2D eigenvalue weighted by Crippen LogP contribution is 2.46. The molecular formula is C27H17N7S4. The molecule has 0 saturated heterocycles. The minimum Gasteiger partial charge on any atom is -0.255 e. The summed E-state index contributed by atoms with van der Waals surface area (Å²) in [7, 11) is 0. The third kappa shape index (κ3) is 5.10. The fourth-order valence-electron chi connectivity index (χ4n) is 3.54. The van der Waals surface area contributed by atoms with Crippen molar-refractivity contribution in [1.29, 1.82) is 0 Å². The first-order valence-electron chi connectivity index (χ1n) is 11.3. The smallest absolute Gasteiger partial charge is 0.133 e. The predicted octanol–water partition coefficient (Wildman–Crippen LogP) is 7.17. The van der Waals surface area contributed by atoms with E-state index in [2.05, 4.69) is 48.3 Å². The molecule has 0 fully saturated rings. The lowest BCUT2D eigenvalue weighted by Gasteiger charge is -2.15. The van der Waals surface area contributed by atoms with Gasteiger partial charge in [0, 0.05) is 50.0 Å². The van der Waals surface area contributed by atoms with Gasteiger partial charge in [-0.05, 0) is 36.4 Å². The Morgan fingerprint density at radius 1 is 0.553 bits per heavy atom. The first-order chi connectivity index (χ1) is 18.7. The molecular weight excluding hydrogens is 551 g/mol. The second-order valence-electron chi connectivity index (χ2n) is 7.67. The maximum atomic E-state index is 4.61. The highest BCUT2D eigenvalue weighted by molar-refractivity contribution is 8.10. The molecule has 0 bridgehead atoms. The predicted molar refractivity (Wildman–Crippen MR) is 156 cm³/mol. The van der Waals surface area contributed by atoms with Crippen LogP contribution in [0, 0.1) is 0 Å². The van der Waals surface area contributed by atoms with Gasteiger partial charge in [-0.2, -0.15) is 0 Å². The van der Waals surface area contributed by atoms with Gasteiger partial charge < -0.3 is 0 Å². The van der Waals surface area contributed by atoms with Crippen LogP contribution in [0.3, 0.4) is 0 Å². The van der Waals surface area contributed by atoms with Crippen molar-refractivity contribution in [2.75, 3.05) is 0 Å². The molecule has 0 saturated carbocycles. The molecule has 11 heteroatoms. The van der Waals surface area contributed by atoms with Crippen LogP contribution >= 0.6 is 47.0 Å². The summed E-state index contributed by atoms with van der Waals surface area (Å²) in [6, 6.07) is 3.97. The van der Waals surface area contributed by atoms with Gasteiger partial charge in [-0.3, -0.25) is 4.98 Å². The van der Waals surface area contributed by atoms with Gasteiger partial charge in [-0.25, -0.2) is 19.9 Å². The number of rotatable bonds is 6. The summed E-state index contributed by atoms with van der Waals surface area (Å²) in [5.74, 6) is 0. The summed E-state index contributed by atoms with van der Waals surface area (Å²) >= 11 is 6.28. The van der Waals surface area contributed by atoms with Crippen LogP contribution in [0.25, 0.3) is 23.4 Å². The first-order valence-corrected chi connectivity index (χ1v) is 14.5. The van der Waals surface area contributed by atoms with Crippen LogP contribution in [-0.4, -0.2) is 35.1 Å². The Hall–Kier alpha value is -3.51. The number of nitrogens with zero attached hydrogens (tertiary/aromatic N) is 7. The van der Waals surface area contributed by atoms with Crippen molar-refractivity contribution in [2.45, 2.75) is 20.1 Å². The molecule has 0 atom stereocenters. The first kappa shape index (κ1) is 24.8. The van der Waals surface area contributed by atoms with E-state index in [1.807, 2.05) is 48.6 Å². The molecule has 0 unspecified atom stereocenters. The summed E-state index contributed by atoms with van der Waals surface area (Å²) in [5.41, 5.74) is 3.21. The minimum absolute atomic E-state index is 0.724. The van der Waals surface area contributed by atoms with E-state index in [0.717, 1.165) is 62.4 Å². The van der Waals surface area contributed by atoms with Gasteiger partial charge in [-0.1, -0.05) is 72.4 Å². The van der Waals surface area contributed by atoms with E-state index >= 15 is 0 Å². The number of aromatic nitrogens is 7. The quantitative estimate of drug-likeness (QED) is 0.237. The van der Waals surface area contributed by atoms with E-state index in [1.165, 1.54) is 0 Å². The summed E-state index contributed by atoms with van der Waals surface area (Å²) in [5, 5.41) is 12.3. The van der Waals surface area contributed by atoms with Crippen molar-refractivity contribution in [3.8, 4) is 11.3 Å². The molecule has 4 aliphatic rings. The fraction of sp³-hybridized carbons (Fsp3) is 0. The van der Waals surface area contributed by atoms with Crippen molar-refractivity contribution < 1.29 is 0 Å². The van der Waals surface area contributed by atoms with E-state index < -0.39 is 0 Å². The third-order valence-electron chi connectivity index (χ3n) is 5.32. The Balaban J connectivity index is 1.25. The number of thioether (sulfide) groups is 4. The zero-order valence-electron chi connectivity index (χ0n) is 19.7. The van der Waals surface area contributed by atoms with Gasteiger partial charge in [0.1, 0.15) is 25.8 Å². The van der Waals surface area contributed by atoms with Crippen LogP contribution in [-0.2, 0) is 0 Å². The van der Waals surface area contributed by atoms with Crippen molar-refractivity contribution in [3.63, 3.8) is 0 Å². The van der Waals surface area contributed by atoms with Crippen LogP contribution < -0.4 is 0 Å². The number of hydrogen-bond donors (Lipinski definition) is 0. The SMILES string of the molecule is C=CC1=C(/C=C/c2ccc3c(/C=C/C4=C(C=C)Sc5nccnc5S4)nnc-3cn2)Sc2nccnc2S1. The maximum Gasteiger partial charge on any atom is 0.133 e. The summed E-state index contributed by atoms with van der Waals surface area (Å²) in [4.78, 5) is 26.5. The van der Waals surface area contributed by atoms with Gasteiger partial charge in [0.2, 0.25) is 0 Å². The zero-order chi connectivity index (χ0) is 25.9. The van der Waals surface area contributed by atoms with Crippen LogP contribution in [0.5, 0.6) is 0 Å². The lowest BCUT2D eigenvalue weighted by molar-refractivity contribution is 0.922. The maximum absolute atomic E-state index is 4.61. The second kappa shape index (κ2) is 11.1. The van der Waals surface area contributed by atoms with E-state index in [-0.39, 0.29) is 0 Å². The van der Waals surface area contributed by atoms with Crippen molar-refractivity contribution in [3.05, 3.63) is 112 Å². The van der Waals surface area contributed by atoms with E-state index in [9.17, 15) is 0 Å². The number of allylic oxidation sites excluding steroid dienone is 4. The molecule has 184 valence electrons. The van der Waals surface area contributed by atoms with Gasteiger partial charge in [-0.15, -0.1) is 10.2 Å². The molecule has 0 radical (unpaired) electrons. The standard InChI is InChI=1S/C27H17N7S4/c1-3-20-22(37-26-24(35-20)28-11-13-30-26)9-6-16-5-7-17-18(33-34-19(17)15-32-16)8-10-23-21(4-2)36-25-27(38-23)31-14-12-29-25/h3-15H,1-2H2/b9-6+,10-8+. The van der Waals surface area contributed by atoms with Crippen LogP contribution in [0.4, 0.5) is 0 Å². The molecule has 0 spiro atoms. The molecule has 2 aromatic rings. The molecule has 0 amide bonds.